The van der Waals surface area contributed by atoms with Crippen molar-refractivity contribution in [1.82, 2.24) is 5.32 Å². The molecule has 3 atom stereocenters. The standard InChI is InChI=1S/C17H27NO2/c1-4-6-7-13-8-10-14(11-9-13)20-16-12-15(18-5-2)17(16)19-3/h8-11,15-18H,4-7,12H2,1-3H3. The highest BCUT2D eigenvalue weighted by atomic mass is 16.5. The molecule has 3 heteroatoms. The molecule has 1 saturated carbocycles. The van der Waals surface area contributed by atoms with Gasteiger partial charge in [-0.2, -0.15) is 0 Å². The Kier molecular flexibility index (Phi) is 5.86. The van der Waals surface area contributed by atoms with Crippen molar-refractivity contribution < 1.29 is 9.47 Å². The lowest BCUT2D eigenvalue weighted by Gasteiger charge is -2.43. The average Bonchev–Trinajstić information content (AvgIpc) is 2.45. The minimum atomic E-state index is 0.162. The Balaban J connectivity index is 1.84. The van der Waals surface area contributed by atoms with E-state index >= 15 is 0 Å². The van der Waals surface area contributed by atoms with E-state index in [1.807, 2.05) is 0 Å². The van der Waals surface area contributed by atoms with Gasteiger partial charge in [-0.1, -0.05) is 32.4 Å². The van der Waals surface area contributed by atoms with Crippen molar-refractivity contribution in [2.24, 2.45) is 0 Å². The van der Waals surface area contributed by atoms with Gasteiger partial charge in [0.2, 0.25) is 0 Å². The zero-order valence-electron chi connectivity index (χ0n) is 12.9. The van der Waals surface area contributed by atoms with Gasteiger partial charge in [0.1, 0.15) is 18.0 Å². The smallest absolute Gasteiger partial charge is 0.128 e. The molecule has 0 radical (unpaired) electrons. The summed E-state index contributed by atoms with van der Waals surface area (Å²) in [5, 5.41) is 3.43. The van der Waals surface area contributed by atoms with E-state index in [1.54, 1.807) is 7.11 Å². The third-order valence-corrected chi connectivity index (χ3v) is 4.02. The molecule has 1 N–H and O–H groups in total. The lowest BCUT2D eigenvalue weighted by molar-refractivity contribution is -0.0884. The first-order valence-electron chi connectivity index (χ1n) is 7.80. The van der Waals surface area contributed by atoms with Gasteiger partial charge in [-0.15, -0.1) is 0 Å². The van der Waals surface area contributed by atoms with Crippen LogP contribution in [0.2, 0.25) is 0 Å². The van der Waals surface area contributed by atoms with Crippen LogP contribution >= 0.6 is 0 Å². The van der Waals surface area contributed by atoms with Crippen LogP contribution in [0.4, 0.5) is 0 Å². The minimum absolute atomic E-state index is 0.162. The molecule has 0 saturated heterocycles. The van der Waals surface area contributed by atoms with Crippen molar-refractivity contribution in [2.45, 2.75) is 57.8 Å². The fraction of sp³-hybridized carbons (Fsp3) is 0.647. The number of hydrogen-bond donors (Lipinski definition) is 1. The monoisotopic (exact) mass is 277 g/mol. The van der Waals surface area contributed by atoms with E-state index in [0.29, 0.717) is 6.04 Å². The molecule has 3 unspecified atom stereocenters. The maximum absolute atomic E-state index is 6.02. The largest absolute Gasteiger partial charge is 0.488 e. The van der Waals surface area contributed by atoms with Crippen molar-refractivity contribution >= 4 is 0 Å². The molecule has 20 heavy (non-hydrogen) atoms. The Morgan fingerprint density at radius 2 is 1.95 bits per heavy atom. The molecule has 3 nitrogen and oxygen atoms in total. The Labute approximate surface area is 122 Å². The van der Waals surface area contributed by atoms with Gasteiger partial charge >= 0.3 is 0 Å². The predicted octanol–water partition coefficient (Wildman–Crippen LogP) is 3.17. The lowest BCUT2D eigenvalue weighted by atomic mass is 9.85. The van der Waals surface area contributed by atoms with Crippen LogP contribution < -0.4 is 10.1 Å². The van der Waals surface area contributed by atoms with Crippen LogP contribution in [-0.2, 0) is 11.2 Å². The van der Waals surface area contributed by atoms with E-state index in [1.165, 1.54) is 18.4 Å². The Morgan fingerprint density at radius 3 is 2.55 bits per heavy atom. The van der Waals surface area contributed by atoms with Gasteiger partial charge in [-0.25, -0.2) is 0 Å². The predicted molar refractivity (Wildman–Crippen MR) is 82.3 cm³/mol. The van der Waals surface area contributed by atoms with Crippen LogP contribution in [-0.4, -0.2) is 31.9 Å². The molecule has 1 aromatic carbocycles. The highest BCUT2D eigenvalue weighted by Gasteiger charge is 2.42. The number of rotatable bonds is 8. The van der Waals surface area contributed by atoms with Gasteiger partial charge < -0.3 is 14.8 Å². The average molecular weight is 277 g/mol. The first-order valence-corrected chi connectivity index (χ1v) is 7.80. The second-order valence-electron chi connectivity index (χ2n) is 5.50. The summed E-state index contributed by atoms with van der Waals surface area (Å²) >= 11 is 0. The summed E-state index contributed by atoms with van der Waals surface area (Å²) in [6.07, 6.45) is 4.99. The molecule has 2 rings (SSSR count). The van der Waals surface area contributed by atoms with Crippen LogP contribution in [0.25, 0.3) is 0 Å². The van der Waals surface area contributed by atoms with E-state index in [-0.39, 0.29) is 12.2 Å². The molecule has 1 aliphatic rings. The number of methoxy groups -OCH3 is 1. The number of likely N-dealkylation sites (N-methyl/N-ethyl adjacent to an activating group) is 1. The summed E-state index contributed by atoms with van der Waals surface area (Å²) in [5.41, 5.74) is 1.39. The van der Waals surface area contributed by atoms with E-state index in [9.17, 15) is 0 Å². The number of ether oxygens (including phenoxy) is 2. The molecule has 0 heterocycles. The summed E-state index contributed by atoms with van der Waals surface area (Å²) in [6.45, 7) is 5.32. The topological polar surface area (TPSA) is 30.5 Å². The molecule has 0 amide bonds. The second kappa shape index (κ2) is 7.65. The third-order valence-electron chi connectivity index (χ3n) is 4.02. The zero-order valence-corrected chi connectivity index (χ0v) is 12.9. The normalized spacial score (nSPS) is 25.2. The van der Waals surface area contributed by atoms with Crippen molar-refractivity contribution in [3.63, 3.8) is 0 Å². The number of benzene rings is 1. The molecule has 0 spiro atoms. The fourth-order valence-corrected chi connectivity index (χ4v) is 2.77. The number of nitrogens with one attached hydrogen (secondary N) is 1. The summed E-state index contributed by atoms with van der Waals surface area (Å²) in [5.74, 6) is 0.951. The number of hydrogen-bond acceptors (Lipinski definition) is 3. The maximum Gasteiger partial charge on any atom is 0.128 e. The molecule has 0 aliphatic heterocycles. The molecule has 0 bridgehead atoms. The van der Waals surface area contributed by atoms with Gasteiger partial charge in [0.05, 0.1) is 0 Å². The molecular formula is C17H27NO2. The van der Waals surface area contributed by atoms with Crippen LogP contribution in [0.1, 0.15) is 38.7 Å². The first kappa shape index (κ1) is 15.3. The highest BCUT2D eigenvalue weighted by molar-refractivity contribution is 5.28. The zero-order chi connectivity index (χ0) is 14.4. The van der Waals surface area contributed by atoms with E-state index in [0.717, 1.165) is 25.1 Å². The van der Waals surface area contributed by atoms with Gasteiger partial charge in [0, 0.05) is 19.6 Å². The first-order chi connectivity index (χ1) is 9.78. The Hall–Kier alpha value is -1.06. The highest BCUT2D eigenvalue weighted by Crippen LogP contribution is 2.29. The lowest BCUT2D eigenvalue weighted by Crippen LogP contribution is -2.60. The molecular weight excluding hydrogens is 250 g/mol. The molecule has 1 aromatic rings. The van der Waals surface area contributed by atoms with E-state index in [2.05, 4.69) is 43.4 Å². The minimum Gasteiger partial charge on any atom is -0.488 e. The summed E-state index contributed by atoms with van der Waals surface area (Å²) in [6, 6.07) is 8.94. The van der Waals surface area contributed by atoms with Gasteiger partial charge in [0.25, 0.3) is 0 Å². The van der Waals surface area contributed by atoms with Gasteiger partial charge in [-0.05, 0) is 37.1 Å². The van der Waals surface area contributed by atoms with E-state index in [4.69, 9.17) is 9.47 Å². The molecule has 1 fully saturated rings. The SMILES string of the molecule is CCCCc1ccc(OC2CC(NCC)C2OC)cc1. The van der Waals surface area contributed by atoms with Crippen molar-refractivity contribution in [3.8, 4) is 5.75 Å². The van der Waals surface area contributed by atoms with Crippen molar-refractivity contribution in [1.29, 1.82) is 0 Å². The van der Waals surface area contributed by atoms with Gasteiger partial charge in [0.15, 0.2) is 0 Å². The van der Waals surface area contributed by atoms with Gasteiger partial charge in [-0.3, -0.25) is 0 Å². The number of aryl methyl sites for hydroxylation is 1. The summed E-state index contributed by atoms with van der Waals surface area (Å²) < 4.78 is 11.6. The second-order valence-corrected chi connectivity index (χ2v) is 5.50. The fourth-order valence-electron chi connectivity index (χ4n) is 2.77. The van der Waals surface area contributed by atoms with Crippen LogP contribution in [0.3, 0.4) is 0 Å². The molecule has 1 aliphatic carbocycles. The maximum atomic E-state index is 6.02. The van der Waals surface area contributed by atoms with Crippen LogP contribution in [0, 0.1) is 0 Å². The quantitative estimate of drug-likeness (QED) is 0.791. The third kappa shape index (κ3) is 3.74. The number of unbranched alkanes of at least 4 members (excludes halogenated alkanes) is 1. The van der Waals surface area contributed by atoms with Crippen molar-refractivity contribution in [3.05, 3.63) is 29.8 Å². The molecule has 0 aromatic heterocycles. The van der Waals surface area contributed by atoms with Crippen LogP contribution in [0.15, 0.2) is 24.3 Å². The molecule has 112 valence electrons. The summed E-state index contributed by atoms with van der Waals surface area (Å²) in [4.78, 5) is 0. The van der Waals surface area contributed by atoms with Crippen LogP contribution in [0.5, 0.6) is 5.75 Å². The van der Waals surface area contributed by atoms with Crippen molar-refractivity contribution in [2.75, 3.05) is 13.7 Å². The van der Waals surface area contributed by atoms with E-state index < -0.39 is 0 Å². The Bertz CT molecular complexity index is 390. The Morgan fingerprint density at radius 1 is 1.20 bits per heavy atom. The summed E-state index contributed by atoms with van der Waals surface area (Å²) in [7, 11) is 1.76.